The Kier molecular flexibility index (Phi) is 10.2. The molecule has 8 heteroatoms. The first-order valence-electron chi connectivity index (χ1n) is 12.0. The lowest BCUT2D eigenvalue weighted by molar-refractivity contribution is -0.141. The van der Waals surface area contributed by atoms with Crippen LogP contribution in [0.1, 0.15) is 62.5 Å². The van der Waals surface area contributed by atoms with Gasteiger partial charge in [0.2, 0.25) is 11.7 Å². The number of nitrogens with one attached hydrogen (secondary N) is 3. The largest absolute Gasteiger partial charge is 0.345 e. The van der Waals surface area contributed by atoms with Crippen LogP contribution in [0.3, 0.4) is 0 Å². The van der Waals surface area contributed by atoms with Gasteiger partial charge in [-0.3, -0.25) is 19.2 Å². The van der Waals surface area contributed by atoms with E-state index in [2.05, 4.69) is 16.0 Å². The van der Waals surface area contributed by atoms with Gasteiger partial charge in [-0.1, -0.05) is 67.9 Å². The number of amides is 3. The molecule has 2 atom stereocenters. The number of benzene rings is 2. The van der Waals surface area contributed by atoms with Crippen LogP contribution in [0.5, 0.6) is 0 Å². The molecule has 0 saturated heterocycles. The van der Waals surface area contributed by atoms with Gasteiger partial charge in [0.25, 0.3) is 11.8 Å². The molecular weight excluding hydrogens is 478 g/mol. The van der Waals surface area contributed by atoms with E-state index in [1.54, 1.807) is 45.9 Å². The van der Waals surface area contributed by atoms with Crippen molar-refractivity contribution < 1.29 is 19.2 Å². The average Bonchev–Trinajstić information content (AvgIpc) is 2.76. The fourth-order valence-corrected chi connectivity index (χ4v) is 4.05. The van der Waals surface area contributed by atoms with E-state index in [0.717, 1.165) is 5.56 Å². The molecule has 194 valence electrons. The predicted molar refractivity (Wildman–Crippen MR) is 142 cm³/mol. The molecule has 0 aliphatic carbocycles. The fourth-order valence-electron chi connectivity index (χ4n) is 3.74. The molecule has 0 bridgehead atoms. The Morgan fingerprint density at radius 2 is 1.53 bits per heavy atom. The Morgan fingerprint density at radius 1 is 0.889 bits per heavy atom. The molecule has 2 rings (SSSR count). The van der Waals surface area contributed by atoms with Crippen molar-refractivity contribution in [3.8, 4) is 0 Å². The Bertz CT molecular complexity index is 1070. The Hall–Kier alpha value is -3.19. The number of rotatable bonds is 10. The first kappa shape index (κ1) is 29.0. The summed E-state index contributed by atoms with van der Waals surface area (Å²) in [5.41, 5.74) is 1.15. The molecular formula is C28H36ClN3O4. The van der Waals surface area contributed by atoms with Crippen LogP contribution in [-0.2, 0) is 20.8 Å². The summed E-state index contributed by atoms with van der Waals surface area (Å²) >= 11 is 6.25. The first-order valence-corrected chi connectivity index (χ1v) is 12.4. The number of Topliss-reactive ketones (excluding diaryl/α,β-unsaturated/α-hetero) is 1. The van der Waals surface area contributed by atoms with Crippen LogP contribution in [-0.4, -0.2) is 41.1 Å². The molecule has 0 aliphatic heterocycles. The average molecular weight is 514 g/mol. The maximum absolute atomic E-state index is 13.4. The van der Waals surface area contributed by atoms with E-state index >= 15 is 0 Å². The minimum atomic E-state index is -1.10. The highest BCUT2D eigenvalue weighted by Gasteiger charge is 2.32. The molecule has 0 aromatic heterocycles. The number of hydrogen-bond donors (Lipinski definition) is 3. The van der Waals surface area contributed by atoms with E-state index in [1.165, 1.54) is 0 Å². The topological polar surface area (TPSA) is 104 Å². The summed E-state index contributed by atoms with van der Waals surface area (Å²) in [6.45, 7) is 10.9. The van der Waals surface area contributed by atoms with Crippen LogP contribution < -0.4 is 16.0 Å². The highest BCUT2D eigenvalue weighted by molar-refractivity contribution is 6.38. The molecule has 2 aromatic carbocycles. The predicted octanol–water partition coefficient (Wildman–Crippen LogP) is 4.00. The van der Waals surface area contributed by atoms with Crippen molar-refractivity contribution in [1.82, 2.24) is 16.0 Å². The van der Waals surface area contributed by atoms with Gasteiger partial charge in [-0.2, -0.15) is 0 Å². The van der Waals surface area contributed by atoms with Gasteiger partial charge in [-0.05, 0) is 57.2 Å². The van der Waals surface area contributed by atoms with E-state index in [0.29, 0.717) is 17.5 Å². The monoisotopic (exact) mass is 513 g/mol. The van der Waals surface area contributed by atoms with Crippen molar-refractivity contribution in [3.05, 3.63) is 70.2 Å². The molecule has 0 spiro atoms. The summed E-state index contributed by atoms with van der Waals surface area (Å²) < 4.78 is 0. The number of hydrogen-bond acceptors (Lipinski definition) is 4. The maximum Gasteiger partial charge on any atom is 0.290 e. The minimum absolute atomic E-state index is 0.0702. The summed E-state index contributed by atoms with van der Waals surface area (Å²) in [4.78, 5) is 52.2. The second-order valence-corrected chi connectivity index (χ2v) is 10.8. The third kappa shape index (κ3) is 8.79. The van der Waals surface area contributed by atoms with Crippen molar-refractivity contribution in [2.75, 3.05) is 0 Å². The Morgan fingerprint density at radius 3 is 2.08 bits per heavy atom. The Balaban J connectivity index is 2.30. The number of aryl methyl sites for hydroxylation is 1. The van der Waals surface area contributed by atoms with Gasteiger partial charge in [-0.25, -0.2) is 0 Å². The quantitative estimate of drug-likeness (QED) is 0.417. The molecule has 0 saturated carbocycles. The minimum Gasteiger partial charge on any atom is -0.345 e. The molecule has 36 heavy (non-hydrogen) atoms. The van der Waals surface area contributed by atoms with Gasteiger partial charge in [0.15, 0.2) is 0 Å². The SMILES string of the molecule is Cc1cccc(Cl)c1C(=O)NC(CC(C)C)C(=O)NC(Cc1ccccc1)C(=O)C(=O)NC(C)(C)C. The van der Waals surface area contributed by atoms with Crippen molar-refractivity contribution in [2.24, 2.45) is 5.92 Å². The molecule has 2 aromatic rings. The van der Waals surface area contributed by atoms with Crippen molar-refractivity contribution >= 4 is 35.1 Å². The van der Waals surface area contributed by atoms with Gasteiger partial charge >= 0.3 is 0 Å². The molecule has 0 heterocycles. The normalized spacial score (nSPS) is 13.0. The lowest BCUT2D eigenvalue weighted by atomic mass is 9.98. The molecule has 0 fully saturated rings. The van der Waals surface area contributed by atoms with Crippen molar-refractivity contribution in [3.63, 3.8) is 0 Å². The molecule has 0 radical (unpaired) electrons. The lowest BCUT2D eigenvalue weighted by Gasteiger charge is -2.26. The first-order chi connectivity index (χ1) is 16.8. The van der Waals surface area contributed by atoms with Gasteiger partial charge < -0.3 is 16.0 Å². The van der Waals surface area contributed by atoms with Gasteiger partial charge in [0, 0.05) is 12.0 Å². The van der Waals surface area contributed by atoms with E-state index in [4.69, 9.17) is 11.6 Å². The summed E-state index contributed by atoms with van der Waals surface area (Å²) in [6, 6.07) is 12.2. The van der Waals surface area contributed by atoms with E-state index in [-0.39, 0.29) is 17.4 Å². The maximum atomic E-state index is 13.4. The van der Waals surface area contributed by atoms with Crippen molar-refractivity contribution in [1.29, 1.82) is 0 Å². The zero-order valence-electron chi connectivity index (χ0n) is 21.8. The van der Waals surface area contributed by atoms with Crippen LogP contribution >= 0.6 is 11.6 Å². The highest BCUT2D eigenvalue weighted by Crippen LogP contribution is 2.20. The van der Waals surface area contributed by atoms with Gasteiger partial charge in [-0.15, -0.1) is 0 Å². The smallest absolute Gasteiger partial charge is 0.290 e. The number of carbonyl (C=O) groups is 4. The van der Waals surface area contributed by atoms with E-state index < -0.39 is 41.1 Å². The Labute approximate surface area is 218 Å². The molecule has 3 amide bonds. The zero-order valence-corrected chi connectivity index (χ0v) is 22.5. The second kappa shape index (κ2) is 12.7. The second-order valence-electron chi connectivity index (χ2n) is 10.4. The fraction of sp³-hybridized carbons (Fsp3) is 0.429. The van der Waals surface area contributed by atoms with Crippen LogP contribution in [0.15, 0.2) is 48.5 Å². The van der Waals surface area contributed by atoms with Gasteiger partial charge in [0.05, 0.1) is 10.6 Å². The van der Waals surface area contributed by atoms with E-state index in [1.807, 2.05) is 44.2 Å². The zero-order chi connectivity index (χ0) is 27.0. The van der Waals surface area contributed by atoms with E-state index in [9.17, 15) is 19.2 Å². The standard InChI is InChI=1S/C28H36ClN3O4/c1-17(2)15-22(31-26(35)23-18(3)11-10-14-20(23)29)25(34)30-21(16-19-12-8-7-9-13-19)24(33)27(36)32-28(4,5)6/h7-14,17,21-22H,15-16H2,1-6H3,(H,30,34)(H,31,35)(H,32,36). The molecule has 2 unspecified atom stereocenters. The third-order valence-electron chi connectivity index (χ3n) is 5.41. The molecule has 7 nitrogen and oxygen atoms in total. The van der Waals surface area contributed by atoms with Gasteiger partial charge in [0.1, 0.15) is 12.1 Å². The number of carbonyl (C=O) groups excluding carboxylic acids is 4. The highest BCUT2D eigenvalue weighted by atomic mass is 35.5. The number of halogens is 1. The van der Waals surface area contributed by atoms with Crippen LogP contribution in [0, 0.1) is 12.8 Å². The summed E-state index contributed by atoms with van der Waals surface area (Å²) in [7, 11) is 0. The lowest BCUT2D eigenvalue weighted by Crippen LogP contribution is -2.56. The third-order valence-corrected chi connectivity index (χ3v) is 5.72. The summed E-state index contributed by atoms with van der Waals surface area (Å²) in [6.07, 6.45) is 0.469. The summed E-state index contributed by atoms with van der Waals surface area (Å²) in [5, 5.41) is 8.45. The van der Waals surface area contributed by atoms with Crippen LogP contribution in [0.4, 0.5) is 0 Å². The molecule has 3 N–H and O–H groups in total. The molecule has 0 aliphatic rings. The van der Waals surface area contributed by atoms with Crippen molar-refractivity contribution in [2.45, 2.75) is 72.0 Å². The van der Waals surface area contributed by atoms with Crippen LogP contribution in [0.25, 0.3) is 0 Å². The summed E-state index contributed by atoms with van der Waals surface area (Å²) in [5.74, 6) is -2.48. The van der Waals surface area contributed by atoms with Crippen LogP contribution in [0.2, 0.25) is 5.02 Å². The number of ketones is 1.